The first-order valence-corrected chi connectivity index (χ1v) is 14.3. The summed E-state index contributed by atoms with van der Waals surface area (Å²) in [5.41, 5.74) is 5.14. The number of rotatable bonds is 12. The molecule has 3 aromatic carbocycles. The quantitative estimate of drug-likeness (QED) is 0.143. The highest BCUT2D eigenvalue weighted by molar-refractivity contribution is 6.30. The number of nitrogens with zero attached hydrogens (tertiary/aromatic N) is 6. The molecule has 5 rings (SSSR count). The number of amides is 2. The van der Waals surface area contributed by atoms with E-state index in [4.69, 9.17) is 21.1 Å². The monoisotopic (exact) mass is 624 g/mol. The van der Waals surface area contributed by atoms with E-state index < -0.39 is 12.1 Å². The van der Waals surface area contributed by atoms with Crippen LogP contribution in [0.25, 0.3) is 22.9 Å². The molecule has 12 nitrogen and oxygen atoms in total. The molecule has 5 aromatic rings. The zero-order valence-electron chi connectivity index (χ0n) is 24.2. The normalized spacial score (nSPS) is 11.7. The molecule has 2 heterocycles. The first-order chi connectivity index (χ1) is 22.0. The molecule has 2 amide bonds. The molecule has 0 saturated carbocycles. The molecular weight excluding hydrogens is 596 g/mol. The fourth-order valence-corrected chi connectivity index (χ4v) is 4.61. The highest BCUT2D eigenvalue weighted by Gasteiger charge is 2.18. The minimum Gasteiger partial charge on any atom is -0.447 e. The van der Waals surface area contributed by atoms with Crippen LogP contribution in [0.15, 0.2) is 97.5 Å². The molecule has 0 spiro atoms. The first kappa shape index (κ1) is 31.0. The van der Waals surface area contributed by atoms with Gasteiger partial charge in [0.25, 0.3) is 0 Å². The van der Waals surface area contributed by atoms with Crippen molar-refractivity contribution in [3.8, 4) is 16.8 Å². The number of aromatic nitrogens is 6. The molecule has 228 valence electrons. The maximum atomic E-state index is 13.3. The summed E-state index contributed by atoms with van der Waals surface area (Å²) in [4.78, 5) is 25.2. The number of carbonyl (C=O) groups excluding carboxylic acids is 2. The molecule has 2 aromatic heterocycles. The van der Waals surface area contributed by atoms with Crippen LogP contribution in [0, 0.1) is 0 Å². The Kier molecular flexibility index (Phi) is 10.5. The number of tetrazole rings is 1. The van der Waals surface area contributed by atoms with Crippen molar-refractivity contribution < 1.29 is 19.1 Å². The van der Waals surface area contributed by atoms with Gasteiger partial charge in [0, 0.05) is 35.0 Å². The smallest absolute Gasteiger partial charge is 0.411 e. The third kappa shape index (κ3) is 8.78. The van der Waals surface area contributed by atoms with Gasteiger partial charge in [-0.1, -0.05) is 54.1 Å². The van der Waals surface area contributed by atoms with Gasteiger partial charge >= 0.3 is 6.09 Å². The van der Waals surface area contributed by atoms with Crippen LogP contribution in [0.2, 0.25) is 5.02 Å². The van der Waals surface area contributed by atoms with Crippen LogP contribution in [-0.4, -0.2) is 62.7 Å². The molecule has 0 bridgehead atoms. The first-order valence-electron chi connectivity index (χ1n) is 13.9. The van der Waals surface area contributed by atoms with Crippen LogP contribution in [0.1, 0.15) is 22.9 Å². The van der Waals surface area contributed by atoms with E-state index in [0.29, 0.717) is 40.7 Å². The lowest BCUT2D eigenvalue weighted by molar-refractivity contribution is -0.117. The van der Waals surface area contributed by atoms with Crippen LogP contribution in [0.4, 0.5) is 10.5 Å². The standard InChI is InChI=1S/C32H29ClN8O4/c1-44-15-16-45-32(43)36-27-11-7-23(8-12-27)25-19-29(38-34-20-25)28(17-22-5-3-2-4-6-22)37-31(42)14-9-24-18-26(33)10-13-30(24)41-21-35-39-40-41/h2-14,18-21,28H,15-17H2,1H3,(H,36,43)(H,37,42)/b14-9+/t28-/m0/s1. The minimum absolute atomic E-state index is 0.157. The maximum Gasteiger partial charge on any atom is 0.411 e. The molecule has 13 heteroatoms. The van der Waals surface area contributed by atoms with Crippen molar-refractivity contribution >= 4 is 35.4 Å². The van der Waals surface area contributed by atoms with E-state index in [1.54, 1.807) is 42.6 Å². The van der Waals surface area contributed by atoms with Gasteiger partial charge in [-0.05, 0) is 70.4 Å². The third-order valence-corrected chi connectivity index (χ3v) is 6.85. The van der Waals surface area contributed by atoms with Gasteiger partial charge in [0.1, 0.15) is 12.9 Å². The highest BCUT2D eigenvalue weighted by Crippen LogP contribution is 2.25. The Bertz CT molecular complexity index is 1750. The van der Waals surface area contributed by atoms with E-state index in [-0.39, 0.29) is 12.5 Å². The Morgan fingerprint density at radius 1 is 0.978 bits per heavy atom. The van der Waals surface area contributed by atoms with Crippen LogP contribution < -0.4 is 10.6 Å². The van der Waals surface area contributed by atoms with Crippen molar-refractivity contribution in [1.82, 2.24) is 35.7 Å². The second-order valence-corrected chi connectivity index (χ2v) is 10.2. The summed E-state index contributed by atoms with van der Waals surface area (Å²) in [6.07, 6.45) is 6.11. The topological polar surface area (TPSA) is 146 Å². The zero-order valence-corrected chi connectivity index (χ0v) is 25.0. The van der Waals surface area contributed by atoms with Gasteiger partial charge in [-0.25, -0.2) is 4.79 Å². The fourth-order valence-electron chi connectivity index (χ4n) is 4.43. The summed E-state index contributed by atoms with van der Waals surface area (Å²) in [5, 5.41) is 26.2. The van der Waals surface area contributed by atoms with Crippen molar-refractivity contribution in [3.63, 3.8) is 0 Å². The van der Waals surface area contributed by atoms with E-state index >= 15 is 0 Å². The van der Waals surface area contributed by atoms with Crippen LogP contribution >= 0.6 is 11.6 Å². The molecule has 0 radical (unpaired) electrons. The Labute approximate surface area is 264 Å². The molecule has 0 aliphatic carbocycles. The number of carbonyl (C=O) groups is 2. The lowest BCUT2D eigenvalue weighted by atomic mass is 10.00. The number of hydrogen-bond donors (Lipinski definition) is 2. The number of anilines is 1. The van der Waals surface area contributed by atoms with E-state index in [0.717, 1.165) is 16.7 Å². The summed E-state index contributed by atoms with van der Waals surface area (Å²) in [6.45, 7) is 0.473. The van der Waals surface area contributed by atoms with Crippen molar-refractivity contribution in [1.29, 1.82) is 0 Å². The summed E-state index contributed by atoms with van der Waals surface area (Å²) in [7, 11) is 1.53. The van der Waals surface area contributed by atoms with Crippen molar-refractivity contribution in [2.75, 3.05) is 25.6 Å². The number of benzene rings is 3. The minimum atomic E-state index is -0.566. The van der Waals surface area contributed by atoms with E-state index in [1.165, 1.54) is 24.2 Å². The van der Waals surface area contributed by atoms with E-state index in [2.05, 4.69) is 36.4 Å². The number of hydrogen-bond acceptors (Lipinski definition) is 9. The third-order valence-electron chi connectivity index (χ3n) is 6.61. The SMILES string of the molecule is COCCOC(=O)Nc1ccc(-c2cnnc([C@H](Cc3ccccc3)NC(=O)/C=C/c3cc(Cl)ccc3-n3cnnn3)c2)cc1. The Morgan fingerprint density at radius 2 is 1.80 bits per heavy atom. The molecule has 1 atom stereocenters. The largest absolute Gasteiger partial charge is 0.447 e. The summed E-state index contributed by atoms with van der Waals surface area (Å²) in [5.74, 6) is -0.335. The Hall–Kier alpha value is -5.46. The van der Waals surface area contributed by atoms with E-state index in [9.17, 15) is 9.59 Å². The zero-order chi connectivity index (χ0) is 31.4. The lowest BCUT2D eigenvalue weighted by Gasteiger charge is -2.18. The summed E-state index contributed by atoms with van der Waals surface area (Å²) in [6, 6.07) is 23.7. The molecule has 45 heavy (non-hydrogen) atoms. The molecule has 2 N–H and O–H groups in total. The number of methoxy groups -OCH3 is 1. The van der Waals surface area contributed by atoms with Gasteiger partial charge in [0.15, 0.2) is 0 Å². The molecule has 0 fully saturated rings. The van der Waals surface area contributed by atoms with Gasteiger partial charge in [-0.15, -0.1) is 5.10 Å². The van der Waals surface area contributed by atoms with Crippen LogP contribution in [0.5, 0.6) is 0 Å². The number of halogens is 1. The van der Waals surface area contributed by atoms with Crippen molar-refractivity contribution in [3.05, 3.63) is 119 Å². The molecule has 0 unspecified atom stereocenters. The molecule has 0 aliphatic rings. The van der Waals surface area contributed by atoms with Gasteiger partial charge < -0.3 is 14.8 Å². The van der Waals surface area contributed by atoms with Crippen molar-refractivity contribution in [2.24, 2.45) is 0 Å². The average Bonchev–Trinajstić information content (AvgIpc) is 3.60. The second kappa shape index (κ2) is 15.3. The summed E-state index contributed by atoms with van der Waals surface area (Å²) < 4.78 is 11.4. The van der Waals surface area contributed by atoms with Gasteiger partial charge in [-0.2, -0.15) is 14.9 Å². The van der Waals surface area contributed by atoms with E-state index in [1.807, 2.05) is 48.5 Å². The lowest BCUT2D eigenvalue weighted by Crippen LogP contribution is -2.29. The summed E-state index contributed by atoms with van der Waals surface area (Å²) >= 11 is 6.23. The van der Waals surface area contributed by atoms with Gasteiger partial charge in [0.2, 0.25) is 5.91 Å². The Morgan fingerprint density at radius 3 is 2.56 bits per heavy atom. The van der Waals surface area contributed by atoms with Crippen molar-refractivity contribution in [2.45, 2.75) is 12.5 Å². The molecule has 0 aliphatic heterocycles. The highest BCUT2D eigenvalue weighted by atomic mass is 35.5. The second-order valence-electron chi connectivity index (χ2n) is 9.74. The number of ether oxygens (including phenoxy) is 2. The number of nitrogens with one attached hydrogen (secondary N) is 2. The van der Waals surface area contributed by atoms with Crippen LogP contribution in [0.3, 0.4) is 0 Å². The Balaban J connectivity index is 1.34. The van der Waals surface area contributed by atoms with Gasteiger partial charge in [-0.3, -0.25) is 10.1 Å². The van der Waals surface area contributed by atoms with Crippen LogP contribution in [-0.2, 0) is 20.7 Å². The fraction of sp³-hybridized carbons (Fsp3) is 0.156. The average molecular weight is 625 g/mol. The maximum absolute atomic E-state index is 13.3. The predicted octanol–water partition coefficient (Wildman–Crippen LogP) is 5.08. The molecule has 0 saturated heterocycles. The predicted molar refractivity (Wildman–Crippen MR) is 169 cm³/mol. The van der Waals surface area contributed by atoms with Gasteiger partial charge in [0.05, 0.1) is 30.2 Å². The molecular formula is C32H29ClN8O4.